The molecule has 6 nitrogen and oxygen atoms in total. The van der Waals surface area contributed by atoms with Gasteiger partial charge < -0.3 is 22.1 Å². The second kappa shape index (κ2) is 14.3. The fourth-order valence-corrected chi connectivity index (χ4v) is 7.39. The van der Waals surface area contributed by atoms with Crippen molar-refractivity contribution in [3.05, 3.63) is 12.2 Å². The highest BCUT2D eigenvalue weighted by Crippen LogP contribution is 2.27. The molecule has 0 radical (unpaired) electrons. The lowest BCUT2D eigenvalue weighted by Crippen LogP contribution is -2.38. The molecule has 0 saturated heterocycles. The molecule has 0 atom stereocenters. The largest absolute Gasteiger partial charge is 0.545 e. The van der Waals surface area contributed by atoms with Crippen molar-refractivity contribution in [1.29, 1.82) is 0 Å². The Bertz CT molecular complexity index is 586. The molecular formula is C22H54O6Si5. The van der Waals surface area contributed by atoms with Crippen LogP contribution in [0.3, 0.4) is 0 Å². The predicted molar refractivity (Wildman–Crippen MR) is 154 cm³/mol. The van der Waals surface area contributed by atoms with Crippen LogP contribution >= 0.6 is 0 Å². The molecule has 0 amide bonds. The van der Waals surface area contributed by atoms with E-state index in [4.69, 9.17) is 22.1 Å². The molecule has 0 aromatic heterocycles. The van der Waals surface area contributed by atoms with Gasteiger partial charge in [-0.1, -0.05) is 20.8 Å². The fraction of sp³-hybridized carbons (Fsp3) is 0.864. The lowest BCUT2D eigenvalue weighted by atomic mass is 10.8. The minimum Gasteiger partial charge on any atom is -0.545 e. The first kappa shape index (κ1) is 34.8. The standard InChI is InChI=1S/C14H34O3Si3.C8H20O3Si2/c1-10-20(11-2,12-3)17-14(16-19(7,8)9)13-15-18(4,5)6;1-12(2,3)10-7-8(9)11-13(4,5)6/h13H,10-12H2,1-9H3;7H2,1-6H3. The quantitative estimate of drug-likeness (QED) is 0.171. The van der Waals surface area contributed by atoms with Gasteiger partial charge in [-0.15, -0.1) is 0 Å². The Balaban J connectivity index is 0. The van der Waals surface area contributed by atoms with Gasteiger partial charge in [0.05, 0.1) is 0 Å². The van der Waals surface area contributed by atoms with E-state index in [9.17, 15) is 4.79 Å². The fourth-order valence-electron chi connectivity index (χ4n) is 2.42. The lowest BCUT2D eigenvalue weighted by molar-refractivity contribution is -0.137. The zero-order valence-corrected chi connectivity index (χ0v) is 29.4. The molecule has 0 saturated carbocycles. The molecule has 0 aliphatic rings. The minimum atomic E-state index is -1.73. The highest BCUT2D eigenvalue weighted by atomic mass is 28.4. The number of carbonyl (C=O) groups is 1. The first-order valence-electron chi connectivity index (χ1n) is 12.2. The Morgan fingerprint density at radius 1 is 0.606 bits per heavy atom. The molecule has 0 heterocycles. The summed E-state index contributed by atoms with van der Waals surface area (Å²) in [5.41, 5.74) is 0. The van der Waals surface area contributed by atoms with Gasteiger partial charge in [-0.3, -0.25) is 4.79 Å². The molecule has 0 N–H and O–H groups in total. The molecule has 0 aliphatic heterocycles. The van der Waals surface area contributed by atoms with Gasteiger partial charge in [0.15, 0.2) is 8.32 Å². The third kappa shape index (κ3) is 21.9. The van der Waals surface area contributed by atoms with Crippen LogP contribution in [0.15, 0.2) is 12.2 Å². The molecule has 0 spiro atoms. The number of carbonyl (C=O) groups excluding carboxylic acids is 1. The Kier molecular flexibility index (Phi) is 15.1. The molecule has 33 heavy (non-hydrogen) atoms. The highest BCUT2D eigenvalue weighted by Gasteiger charge is 2.34. The zero-order chi connectivity index (χ0) is 26.7. The van der Waals surface area contributed by atoms with Crippen molar-refractivity contribution in [2.24, 2.45) is 0 Å². The second-order valence-corrected chi connectivity index (χ2v) is 34.7. The summed E-state index contributed by atoms with van der Waals surface area (Å²) in [4.78, 5) is 11.2. The van der Waals surface area contributed by atoms with Crippen molar-refractivity contribution in [3.8, 4) is 0 Å². The van der Waals surface area contributed by atoms with E-state index in [1.165, 1.54) is 0 Å². The van der Waals surface area contributed by atoms with Crippen LogP contribution in [-0.4, -0.2) is 54.2 Å². The molecule has 0 fully saturated rings. The van der Waals surface area contributed by atoms with E-state index in [0.717, 1.165) is 18.1 Å². The molecule has 0 aliphatic carbocycles. The summed E-state index contributed by atoms with van der Waals surface area (Å²) in [6.45, 7) is 31.9. The van der Waals surface area contributed by atoms with E-state index >= 15 is 0 Å². The van der Waals surface area contributed by atoms with Crippen molar-refractivity contribution in [2.75, 3.05) is 6.61 Å². The van der Waals surface area contributed by atoms with Crippen molar-refractivity contribution in [3.63, 3.8) is 0 Å². The summed E-state index contributed by atoms with van der Waals surface area (Å²) in [5.74, 6) is 0.408. The van der Waals surface area contributed by atoms with E-state index in [1.807, 2.05) is 19.6 Å². The van der Waals surface area contributed by atoms with Gasteiger partial charge in [0.25, 0.3) is 14.3 Å². The van der Waals surface area contributed by atoms with Crippen LogP contribution in [0.1, 0.15) is 20.8 Å². The monoisotopic (exact) mass is 554 g/mol. The second-order valence-electron chi connectivity index (χ2n) is 12.2. The van der Waals surface area contributed by atoms with Crippen LogP contribution in [-0.2, 0) is 26.9 Å². The van der Waals surface area contributed by atoms with E-state index in [2.05, 4.69) is 79.7 Å². The summed E-state index contributed by atoms with van der Waals surface area (Å²) >= 11 is 0. The molecule has 0 unspecified atom stereocenters. The van der Waals surface area contributed by atoms with Crippen LogP contribution in [0.5, 0.6) is 0 Å². The van der Waals surface area contributed by atoms with Gasteiger partial charge in [0.2, 0.25) is 25.0 Å². The van der Waals surface area contributed by atoms with Crippen LogP contribution in [0.25, 0.3) is 0 Å². The van der Waals surface area contributed by atoms with Gasteiger partial charge in [0, 0.05) is 0 Å². The number of hydrogen-bond acceptors (Lipinski definition) is 6. The third-order valence-corrected chi connectivity index (χ3v) is 12.2. The van der Waals surface area contributed by atoms with E-state index in [0.29, 0.717) is 5.95 Å². The van der Waals surface area contributed by atoms with Crippen molar-refractivity contribution in [2.45, 2.75) is 117 Å². The Hall–Kier alpha value is -0.346. The average molecular weight is 555 g/mol. The Labute approximate surface area is 210 Å². The molecule has 11 heteroatoms. The van der Waals surface area contributed by atoms with Gasteiger partial charge in [-0.05, 0) is 96.7 Å². The third-order valence-electron chi connectivity index (χ3n) is 4.21. The van der Waals surface area contributed by atoms with Crippen LogP contribution in [0.2, 0.25) is 96.7 Å². The molecule has 0 bridgehead atoms. The predicted octanol–water partition coefficient (Wildman–Crippen LogP) is 7.73. The van der Waals surface area contributed by atoms with Crippen LogP contribution in [0.4, 0.5) is 0 Å². The lowest BCUT2D eigenvalue weighted by Gasteiger charge is -2.33. The zero-order valence-electron chi connectivity index (χ0n) is 24.4. The molecule has 0 aromatic carbocycles. The normalized spacial score (nSPS) is 13.6. The summed E-state index contributed by atoms with van der Waals surface area (Å²) in [5, 5.41) is 0. The summed E-state index contributed by atoms with van der Waals surface area (Å²) < 4.78 is 29.0. The average Bonchev–Trinajstić information content (AvgIpc) is 2.59. The molecule has 0 aromatic rings. The van der Waals surface area contributed by atoms with E-state index in [-0.39, 0.29) is 12.6 Å². The maximum absolute atomic E-state index is 11.2. The van der Waals surface area contributed by atoms with Crippen LogP contribution in [0, 0.1) is 0 Å². The minimum absolute atomic E-state index is 0.111. The molecular weight excluding hydrogens is 501 g/mol. The first-order chi connectivity index (χ1) is 14.6. The van der Waals surface area contributed by atoms with Gasteiger partial charge >= 0.3 is 5.97 Å². The Morgan fingerprint density at radius 3 is 1.33 bits per heavy atom. The Morgan fingerprint density at radius 2 is 1.03 bits per heavy atom. The van der Waals surface area contributed by atoms with Crippen molar-refractivity contribution >= 4 is 47.6 Å². The van der Waals surface area contributed by atoms with Crippen molar-refractivity contribution < 1.29 is 26.9 Å². The number of hydrogen-bond donors (Lipinski definition) is 0. The SMILES string of the molecule is CC[Si](CC)(CC)OC(=CO[Si](C)(C)C)O[Si](C)(C)C.C[Si](C)(C)OCC(=O)O[Si](C)(C)C. The van der Waals surface area contributed by atoms with Gasteiger partial charge in [-0.25, -0.2) is 0 Å². The summed E-state index contributed by atoms with van der Waals surface area (Å²) in [6.07, 6.45) is 1.74. The van der Waals surface area contributed by atoms with Gasteiger partial charge in [0.1, 0.15) is 12.9 Å². The summed E-state index contributed by atoms with van der Waals surface area (Å²) in [7, 11) is -8.32. The van der Waals surface area contributed by atoms with E-state index in [1.54, 1.807) is 6.26 Å². The molecule has 0 rings (SSSR count). The smallest absolute Gasteiger partial charge is 0.317 e. The maximum atomic E-state index is 11.2. The topological polar surface area (TPSA) is 63.2 Å². The first-order valence-corrected chi connectivity index (χ1v) is 28.3. The highest BCUT2D eigenvalue weighted by molar-refractivity contribution is 6.74. The van der Waals surface area contributed by atoms with Gasteiger partial charge in [-0.2, -0.15) is 0 Å². The van der Waals surface area contributed by atoms with E-state index < -0.39 is 41.6 Å². The van der Waals surface area contributed by atoms with Crippen LogP contribution < -0.4 is 0 Å². The maximum Gasteiger partial charge on any atom is 0.317 e. The molecule has 198 valence electrons. The summed E-state index contributed by atoms with van der Waals surface area (Å²) in [6, 6.07) is 3.33. The van der Waals surface area contributed by atoms with Crippen molar-refractivity contribution in [1.82, 2.24) is 0 Å². The number of rotatable bonds is 13.